The van der Waals surface area contributed by atoms with Crippen molar-refractivity contribution in [1.82, 2.24) is 0 Å². The van der Waals surface area contributed by atoms with Crippen LogP contribution in [0.2, 0.25) is 0 Å². The van der Waals surface area contributed by atoms with Crippen LogP contribution in [0.15, 0.2) is 47.6 Å². The number of halogens is 1. The minimum absolute atomic E-state index is 0.190. The number of carbonyl (C=O) groups excluding carboxylic acids is 1. The van der Waals surface area contributed by atoms with Gasteiger partial charge in [-0.3, -0.25) is 4.79 Å². The highest BCUT2D eigenvalue weighted by Gasteiger charge is 2.03. The number of nitrogens with one attached hydrogen (secondary N) is 1. The van der Waals surface area contributed by atoms with Crippen molar-refractivity contribution in [3.8, 4) is 0 Å². The number of aryl methyl sites for hydroxylation is 2. The number of carbonyl (C=O) groups is 1. The van der Waals surface area contributed by atoms with Crippen LogP contribution >= 0.6 is 0 Å². The van der Waals surface area contributed by atoms with Crippen LogP contribution in [0.1, 0.15) is 16.7 Å². The van der Waals surface area contributed by atoms with Crippen LogP contribution < -0.4 is 5.32 Å². The summed E-state index contributed by atoms with van der Waals surface area (Å²) < 4.78 is 12.7. The molecule has 22 heavy (non-hydrogen) atoms. The van der Waals surface area contributed by atoms with E-state index in [-0.39, 0.29) is 18.3 Å². The van der Waals surface area contributed by atoms with Gasteiger partial charge in [-0.25, -0.2) is 4.39 Å². The Morgan fingerprint density at radius 2 is 1.82 bits per heavy atom. The van der Waals surface area contributed by atoms with Crippen molar-refractivity contribution in [1.29, 1.82) is 0 Å². The average molecular weight is 300 g/mol. The first-order valence-electron chi connectivity index (χ1n) is 6.82. The third-order valence-corrected chi connectivity index (χ3v) is 2.85. The van der Waals surface area contributed by atoms with E-state index in [1.54, 1.807) is 12.1 Å². The third-order valence-electron chi connectivity index (χ3n) is 2.85. The number of nitrogens with zero attached hydrogens (tertiary/aromatic N) is 1. The zero-order valence-electron chi connectivity index (χ0n) is 12.5. The largest absolute Gasteiger partial charge is 0.386 e. The van der Waals surface area contributed by atoms with Gasteiger partial charge in [0.15, 0.2) is 6.61 Å². The Kier molecular flexibility index (Phi) is 5.25. The summed E-state index contributed by atoms with van der Waals surface area (Å²) in [5, 5.41) is 6.42. The highest BCUT2D eigenvalue weighted by Crippen LogP contribution is 2.13. The lowest BCUT2D eigenvalue weighted by atomic mass is 10.1. The quantitative estimate of drug-likeness (QED) is 0.679. The van der Waals surface area contributed by atoms with Gasteiger partial charge in [0.2, 0.25) is 0 Å². The number of benzene rings is 2. The van der Waals surface area contributed by atoms with Crippen LogP contribution in [0.4, 0.5) is 10.1 Å². The van der Waals surface area contributed by atoms with Crippen LogP contribution in [0.25, 0.3) is 0 Å². The molecule has 2 aromatic carbocycles. The van der Waals surface area contributed by atoms with Crippen molar-refractivity contribution >= 4 is 17.8 Å². The fourth-order valence-electron chi connectivity index (χ4n) is 1.99. The molecule has 0 radical (unpaired) electrons. The summed E-state index contributed by atoms with van der Waals surface area (Å²) in [7, 11) is 0. The van der Waals surface area contributed by atoms with Crippen molar-refractivity contribution in [2.24, 2.45) is 5.16 Å². The van der Waals surface area contributed by atoms with Crippen molar-refractivity contribution in [3.05, 3.63) is 65.0 Å². The maximum atomic E-state index is 12.7. The molecule has 5 heteroatoms. The lowest BCUT2D eigenvalue weighted by Gasteiger charge is -2.06. The number of oxime groups is 1. The molecular weight excluding hydrogens is 283 g/mol. The van der Waals surface area contributed by atoms with E-state index in [1.807, 2.05) is 32.0 Å². The van der Waals surface area contributed by atoms with Crippen LogP contribution in [-0.2, 0) is 9.63 Å². The summed E-state index contributed by atoms with van der Waals surface area (Å²) in [6, 6.07) is 11.6. The minimum atomic E-state index is -0.314. The molecule has 0 aliphatic carbocycles. The molecule has 0 bridgehead atoms. The standard InChI is InChI=1S/C17H17FN2O2/c1-12-7-13(2)9-16(8-12)20-17(21)11-22-19-10-14-3-5-15(18)6-4-14/h3-10H,11H2,1-2H3,(H,20,21)/b19-10+. The molecule has 0 unspecified atom stereocenters. The maximum absolute atomic E-state index is 12.7. The Morgan fingerprint density at radius 3 is 2.45 bits per heavy atom. The number of anilines is 1. The molecule has 1 N–H and O–H groups in total. The highest BCUT2D eigenvalue weighted by atomic mass is 19.1. The summed E-state index contributed by atoms with van der Waals surface area (Å²) in [6.45, 7) is 3.74. The number of hydrogen-bond acceptors (Lipinski definition) is 3. The zero-order valence-corrected chi connectivity index (χ0v) is 12.5. The van der Waals surface area contributed by atoms with Gasteiger partial charge in [0.05, 0.1) is 6.21 Å². The molecule has 4 nitrogen and oxygen atoms in total. The lowest BCUT2D eigenvalue weighted by Crippen LogP contribution is -2.17. The smallest absolute Gasteiger partial charge is 0.265 e. The number of rotatable bonds is 5. The summed E-state index contributed by atoms with van der Waals surface area (Å²) in [6.07, 6.45) is 1.42. The highest BCUT2D eigenvalue weighted by molar-refractivity contribution is 5.91. The molecule has 114 valence electrons. The van der Waals surface area contributed by atoms with Crippen LogP contribution in [0, 0.1) is 19.7 Å². The first-order valence-corrected chi connectivity index (χ1v) is 6.82. The Balaban J connectivity index is 1.81. The van der Waals surface area contributed by atoms with Crippen molar-refractivity contribution in [3.63, 3.8) is 0 Å². The first-order chi connectivity index (χ1) is 10.5. The molecule has 0 atom stereocenters. The summed E-state index contributed by atoms with van der Waals surface area (Å²) >= 11 is 0. The van der Waals surface area contributed by atoms with Crippen LogP contribution in [0.3, 0.4) is 0 Å². The zero-order chi connectivity index (χ0) is 15.9. The molecule has 0 heterocycles. The monoisotopic (exact) mass is 300 g/mol. The van der Waals surface area contributed by atoms with Gasteiger partial charge in [-0.15, -0.1) is 0 Å². The van der Waals surface area contributed by atoms with Crippen molar-refractivity contribution < 1.29 is 14.0 Å². The average Bonchev–Trinajstić information content (AvgIpc) is 2.44. The SMILES string of the molecule is Cc1cc(C)cc(NC(=O)CO/N=C/c2ccc(F)cc2)c1. The predicted octanol–water partition coefficient (Wildman–Crippen LogP) is 3.43. The normalized spacial score (nSPS) is 10.7. The van der Waals surface area contributed by atoms with Gasteiger partial charge >= 0.3 is 0 Å². The summed E-state index contributed by atoms with van der Waals surface area (Å²) in [4.78, 5) is 16.7. The number of amides is 1. The maximum Gasteiger partial charge on any atom is 0.265 e. The molecule has 0 saturated heterocycles. The van der Waals surface area contributed by atoms with E-state index in [0.29, 0.717) is 5.56 Å². The number of hydrogen-bond donors (Lipinski definition) is 1. The van der Waals surface area contributed by atoms with Gasteiger partial charge in [0.25, 0.3) is 5.91 Å². The van der Waals surface area contributed by atoms with Crippen LogP contribution in [-0.4, -0.2) is 18.7 Å². The van der Waals surface area contributed by atoms with Crippen molar-refractivity contribution in [2.45, 2.75) is 13.8 Å². The summed E-state index contributed by atoms with van der Waals surface area (Å²) in [5.41, 5.74) is 3.57. The fourth-order valence-corrected chi connectivity index (χ4v) is 1.99. The molecule has 2 rings (SSSR count). The van der Waals surface area contributed by atoms with E-state index >= 15 is 0 Å². The van der Waals surface area contributed by atoms with E-state index in [2.05, 4.69) is 10.5 Å². The fraction of sp³-hybridized carbons (Fsp3) is 0.176. The summed E-state index contributed by atoms with van der Waals surface area (Å²) in [5.74, 6) is -0.604. The Morgan fingerprint density at radius 1 is 1.18 bits per heavy atom. The second kappa shape index (κ2) is 7.36. The second-order valence-electron chi connectivity index (χ2n) is 4.98. The van der Waals surface area contributed by atoms with E-state index in [4.69, 9.17) is 4.84 Å². The molecular formula is C17H17FN2O2. The van der Waals surface area contributed by atoms with E-state index < -0.39 is 0 Å². The second-order valence-corrected chi connectivity index (χ2v) is 4.98. The molecule has 2 aromatic rings. The minimum Gasteiger partial charge on any atom is -0.386 e. The molecule has 0 aliphatic rings. The van der Waals surface area contributed by atoms with Gasteiger partial charge in [-0.2, -0.15) is 0 Å². The molecule has 0 fully saturated rings. The van der Waals surface area contributed by atoms with Gasteiger partial charge in [0, 0.05) is 5.69 Å². The Bertz CT molecular complexity index is 661. The van der Waals surface area contributed by atoms with Gasteiger partial charge in [-0.05, 0) is 54.8 Å². The van der Waals surface area contributed by atoms with Crippen LogP contribution in [0.5, 0.6) is 0 Å². The molecule has 0 aromatic heterocycles. The molecule has 1 amide bonds. The van der Waals surface area contributed by atoms with Gasteiger partial charge < -0.3 is 10.2 Å². The van der Waals surface area contributed by atoms with Crippen molar-refractivity contribution in [2.75, 3.05) is 11.9 Å². The van der Waals surface area contributed by atoms with E-state index in [1.165, 1.54) is 18.3 Å². The van der Waals surface area contributed by atoms with Gasteiger partial charge in [-0.1, -0.05) is 23.4 Å². The van der Waals surface area contributed by atoms with E-state index in [9.17, 15) is 9.18 Å². The molecule has 0 aliphatic heterocycles. The predicted molar refractivity (Wildman–Crippen MR) is 84.5 cm³/mol. The Hall–Kier alpha value is -2.69. The topological polar surface area (TPSA) is 50.7 Å². The molecule has 0 spiro atoms. The van der Waals surface area contributed by atoms with E-state index in [0.717, 1.165) is 16.8 Å². The lowest BCUT2D eigenvalue weighted by molar-refractivity contribution is -0.120. The molecule has 0 saturated carbocycles. The Labute approximate surface area is 128 Å². The first kappa shape index (κ1) is 15.7. The van der Waals surface area contributed by atoms with Gasteiger partial charge in [0.1, 0.15) is 5.82 Å². The third kappa shape index (κ3) is 5.01.